The molecule has 0 radical (unpaired) electrons. The summed E-state index contributed by atoms with van der Waals surface area (Å²) < 4.78 is 31.7. The number of para-hydroxylation sites is 2. The fourth-order valence-corrected chi connectivity index (χ4v) is 6.39. The molecule has 31 heavy (non-hydrogen) atoms. The number of rotatable bonds is 4. The molecule has 2 fully saturated rings. The number of sulfone groups is 1. The average molecular weight is 440 g/mol. The summed E-state index contributed by atoms with van der Waals surface area (Å²) in [6.45, 7) is 1.63. The van der Waals surface area contributed by atoms with Crippen LogP contribution in [0.3, 0.4) is 0 Å². The first-order valence-corrected chi connectivity index (χ1v) is 12.3. The van der Waals surface area contributed by atoms with Crippen LogP contribution in [0.5, 0.6) is 0 Å². The summed E-state index contributed by atoms with van der Waals surface area (Å²) >= 11 is 0. The number of oxazole rings is 1. The molecule has 8 heteroatoms. The molecule has 0 bridgehead atoms. The standard InChI is InChI=1S/C23H25N3O4S/c27-22(20-10-6-14-26(20)23-24-19-9-4-5-11-21(19)30-23)25-15-12-18(13-16-25)31(28,29)17-7-2-1-3-8-17/h1-5,7-9,11,18,20H,6,10,12-16H2. The lowest BCUT2D eigenvalue weighted by Gasteiger charge is -2.35. The molecular formula is C23H25N3O4S. The largest absolute Gasteiger partial charge is 0.423 e. The van der Waals surface area contributed by atoms with Crippen molar-refractivity contribution in [2.24, 2.45) is 0 Å². The van der Waals surface area contributed by atoms with E-state index in [2.05, 4.69) is 4.98 Å². The van der Waals surface area contributed by atoms with Gasteiger partial charge >= 0.3 is 0 Å². The first-order chi connectivity index (χ1) is 15.0. The van der Waals surface area contributed by atoms with E-state index in [1.807, 2.05) is 40.1 Å². The summed E-state index contributed by atoms with van der Waals surface area (Å²) in [5.41, 5.74) is 1.49. The van der Waals surface area contributed by atoms with E-state index in [-0.39, 0.29) is 11.9 Å². The monoisotopic (exact) mass is 439 g/mol. The van der Waals surface area contributed by atoms with Gasteiger partial charge in [0.1, 0.15) is 11.6 Å². The molecule has 7 nitrogen and oxygen atoms in total. The van der Waals surface area contributed by atoms with Gasteiger partial charge in [-0.05, 0) is 49.9 Å². The molecular weight excluding hydrogens is 414 g/mol. The molecule has 162 valence electrons. The molecule has 1 unspecified atom stereocenters. The van der Waals surface area contributed by atoms with Crippen molar-refractivity contribution in [1.82, 2.24) is 9.88 Å². The van der Waals surface area contributed by atoms with Crippen LogP contribution in [0.2, 0.25) is 0 Å². The predicted molar refractivity (Wildman–Crippen MR) is 118 cm³/mol. The molecule has 2 aliphatic rings. The lowest BCUT2D eigenvalue weighted by molar-refractivity contribution is -0.133. The van der Waals surface area contributed by atoms with Gasteiger partial charge in [-0.3, -0.25) is 4.79 Å². The number of amides is 1. The highest BCUT2D eigenvalue weighted by molar-refractivity contribution is 7.92. The topological polar surface area (TPSA) is 83.7 Å². The molecule has 3 aromatic rings. The molecule has 2 saturated heterocycles. The zero-order valence-corrected chi connectivity index (χ0v) is 18.0. The van der Waals surface area contributed by atoms with Crippen molar-refractivity contribution < 1.29 is 17.6 Å². The molecule has 2 aliphatic heterocycles. The van der Waals surface area contributed by atoms with Gasteiger partial charge in [0.05, 0.1) is 10.1 Å². The van der Waals surface area contributed by atoms with E-state index >= 15 is 0 Å². The quantitative estimate of drug-likeness (QED) is 0.621. The van der Waals surface area contributed by atoms with Crippen molar-refractivity contribution in [2.45, 2.75) is 41.9 Å². The number of carbonyl (C=O) groups excluding carboxylic acids is 1. The van der Waals surface area contributed by atoms with E-state index in [9.17, 15) is 13.2 Å². The van der Waals surface area contributed by atoms with E-state index in [4.69, 9.17) is 4.42 Å². The number of hydrogen-bond donors (Lipinski definition) is 0. The van der Waals surface area contributed by atoms with Gasteiger partial charge in [0.15, 0.2) is 15.4 Å². The number of piperidine rings is 1. The fourth-order valence-electron chi connectivity index (χ4n) is 4.64. The molecule has 3 heterocycles. The second-order valence-corrected chi connectivity index (χ2v) is 10.4. The molecule has 0 aliphatic carbocycles. The number of carbonyl (C=O) groups is 1. The van der Waals surface area contributed by atoms with Crippen LogP contribution >= 0.6 is 0 Å². The third-order valence-electron chi connectivity index (χ3n) is 6.33. The molecule has 1 aromatic heterocycles. The van der Waals surface area contributed by atoms with Crippen molar-refractivity contribution in [2.75, 3.05) is 24.5 Å². The maximum atomic E-state index is 13.3. The SMILES string of the molecule is O=C(C1CCCN1c1nc2ccccc2o1)N1CCC(S(=O)(=O)c2ccccc2)CC1. The van der Waals surface area contributed by atoms with Gasteiger partial charge in [0, 0.05) is 19.6 Å². The summed E-state index contributed by atoms with van der Waals surface area (Å²) in [5.74, 6) is 0.0373. The molecule has 5 rings (SSSR count). The van der Waals surface area contributed by atoms with Crippen LogP contribution in [0, 0.1) is 0 Å². The normalized spacial score (nSPS) is 20.5. The van der Waals surface area contributed by atoms with Gasteiger partial charge in [-0.2, -0.15) is 4.98 Å². The summed E-state index contributed by atoms with van der Waals surface area (Å²) in [6.07, 6.45) is 2.56. The van der Waals surface area contributed by atoms with E-state index in [1.165, 1.54) is 0 Å². The summed E-state index contributed by atoms with van der Waals surface area (Å²) in [5, 5.41) is -0.448. The Morgan fingerprint density at radius 2 is 1.65 bits per heavy atom. The van der Waals surface area contributed by atoms with E-state index in [0.29, 0.717) is 42.4 Å². The van der Waals surface area contributed by atoms with Crippen LogP contribution in [-0.2, 0) is 14.6 Å². The molecule has 0 spiro atoms. The Bertz CT molecular complexity index is 1150. The van der Waals surface area contributed by atoms with Crippen LogP contribution < -0.4 is 4.90 Å². The molecule has 2 aromatic carbocycles. The molecule has 1 amide bonds. The van der Waals surface area contributed by atoms with Gasteiger partial charge in [-0.1, -0.05) is 30.3 Å². The second kappa shape index (κ2) is 8.00. The van der Waals surface area contributed by atoms with Gasteiger partial charge in [0.2, 0.25) is 5.91 Å². The van der Waals surface area contributed by atoms with Crippen LogP contribution in [0.4, 0.5) is 6.01 Å². The number of hydrogen-bond acceptors (Lipinski definition) is 6. The predicted octanol–water partition coefficient (Wildman–Crippen LogP) is 3.26. The summed E-state index contributed by atoms with van der Waals surface area (Å²) in [6, 6.07) is 16.3. The maximum Gasteiger partial charge on any atom is 0.299 e. The Morgan fingerprint density at radius 1 is 0.935 bits per heavy atom. The number of nitrogens with zero attached hydrogens (tertiary/aromatic N) is 3. The van der Waals surface area contributed by atoms with Crippen LogP contribution in [0.15, 0.2) is 63.9 Å². The molecule has 0 saturated carbocycles. The maximum absolute atomic E-state index is 13.3. The molecule has 0 N–H and O–H groups in total. The Kier molecular flexibility index (Phi) is 5.17. The van der Waals surface area contributed by atoms with Gasteiger partial charge in [-0.25, -0.2) is 8.42 Å². The van der Waals surface area contributed by atoms with Gasteiger partial charge in [-0.15, -0.1) is 0 Å². The highest BCUT2D eigenvalue weighted by Crippen LogP contribution is 2.31. The zero-order valence-electron chi connectivity index (χ0n) is 17.2. The van der Waals surface area contributed by atoms with Crippen molar-refractivity contribution in [3.8, 4) is 0 Å². The lowest BCUT2D eigenvalue weighted by atomic mass is 10.1. The van der Waals surface area contributed by atoms with Crippen molar-refractivity contribution in [3.05, 3.63) is 54.6 Å². The average Bonchev–Trinajstić information content (AvgIpc) is 3.46. The minimum absolute atomic E-state index is 0.0373. The van der Waals surface area contributed by atoms with Crippen LogP contribution in [0.1, 0.15) is 25.7 Å². The first kappa shape index (κ1) is 20.1. The van der Waals surface area contributed by atoms with Gasteiger partial charge in [0.25, 0.3) is 6.01 Å². The fraction of sp³-hybridized carbons (Fsp3) is 0.391. The second-order valence-electron chi connectivity index (χ2n) is 8.20. The third-order valence-corrected chi connectivity index (χ3v) is 8.61. The lowest BCUT2D eigenvalue weighted by Crippen LogP contribution is -2.50. The highest BCUT2D eigenvalue weighted by atomic mass is 32.2. The van der Waals surface area contributed by atoms with Crippen molar-refractivity contribution in [3.63, 3.8) is 0 Å². The highest BCUT2D eigenvalue weighted by Gasteiger charge is 2.39. The smallest absolute Gasteiger partial charge is 0.299 e. The Morgan fingerprint density at radius 3 is 2.39 bits per heavy atom. The summed E-state index contributed by atoms with van der Waals surface area (Å²) in [4.78, 5) is 22.0. The molecule has 1 atom stereocenters. The number of likely N-dealkylation sites (tertiary alicyclic amines) is 1. The first-order valence-electron chi connectivity index (χ1n) is 10.7. The van der Waals surface area contributed by atoms with Crippen LogP contribution in [0.25, 0.3) is 11.1 Å². The van der Waals surface area contributed by atoms with E-state index in [1.54, 1.807) is 24.3 Å². The van der Waals surface area contributed by atoms with Crippen molar-refractivity contribution in [1.29, 1.82) is 0 Å². The zero-order chi connectivity index (χ0) is 21.4. The third kappa shape index (κ3) is 3.69. The number of benzene rings is 2. The van der Waals surface area contributed by atoms with Crippen LogP contribution in [-0.4, -0.2) is 55.1 Å². The summed E-state index contributed by atoms with van der Waals surface area (Å²) in [7, 11) is -3.37. The Balaban J connectivity index is 1.28. The van der Waals surface area contributed by atoms with E-state index < -0.39 is 15.1 Å². The van der Waals surface area contributed by atoms with Gasteiger partial charge < -0.3 is 14.2 Å². The minimum atomic E-state index is -3.37. The Labute approximate surface area is 181 Å². The van der Waals surface area contributed by atoms with E-state index in [0.717, 1.165) is 24.9 Å². The minimum Gasteiger partial charge on any atom is -0.423 e. The Hall–Kier alpha value is -2.87. The van der Waals surface area contributed by atoms with Crippen molar-refractivity contribution >= 4 is 32.9 Å². The number of aromatic nitrogens is 1. The number of fused-ring (bicyclic) bond motifs is 1. The number of anilines is 1.